The monoisotopic (exact) mass is 305 g/mol. The highest BCUT2D eigenvalue weighted by atomic mass is 32.1. The van der Waals surface area contributed by atoms with Gasteiger partial charge in [-0.05, 0) is 18.9 Å². The van der Waals surface area contributed by atoms with Crippen LogP contribution >= 0.6 is 11.3 Å². The van der Waals surface area contributed by atoms with Gasteiger partial charge in [-0.3, -0.25) is 4.40 Å². The first-order chi connectivity index (χ1) is 10.3. The molecule has 3 rings (SSSR count). The number of imidazole rings is 1. The fourth-order valence-electron chi connectivity index (χ4n) is 2.79. The van der Waals surface area contributed by atoms with Gasteiger partial charge in [0, 0.05) is 30.7 Å². The molecule has 2 aromatic heterocycles. The number of anilines is 1. The predicted octanol–water partition coefficient (Wildman–Crippen LogP) is 3.26. The minimum absolute atomic E-state index is 0.870. The van der Waals surface area contributed by atoms with Crippen molar-refractivity contribution in [2.75, 3.05) is 18.0 Å². The second-order valence-corrected chi connectivity index (χ2v) is 6.18. The molecule has 0 bridgehead atoms. The predicted molar refractivity (Wildman–Crippen MR) is 85.0 cm³/mol. The quantitative estimate of drug-likeness (QED) is 0.884. The zero-order valence-electron chi connectivity index (χ0n) is 11.9. The number of carbonyl (C=O) groups is 1. The molecule has 0 amide bonds. The highest BCUT2D eigenvalue weighted by Crippen LogP contribution is 2.27. The van der Waals surface area contributed by atoms with Gasteiger partial charge in [-0.25, -0.2) is 9.78 Å². The van der Waals surface area contributed by atoms with E-state index in [0.29, 0.717) is 0 Å². The van der Waals surface area contributed by atoms with E-state index in [1.54, 1.807) is 17.4 Å². The normalized spacial score (nSPS) is 17.2. The lowest BCUT2D eigenvalue weighted by molar-refractivity contribution is -0.131. The third kappa shape index (κ3) is 3.10. The molecule has 21 heavy (non-hydrogen) atoms. The molecule has 0 aliphatic carbocycles. The standard InChI is InChI=1S/C15H19N3O2S/c19-13(20)7-6-12-14(16-15-18(12)10-11-21-15)17-8-4-2-1-3-5-9-17/h6-7,10-11H,1-5,8-9H2,(H,19,20)/b7-6+. The van der Waals surface area contributed by atoms with E-state index >= 15 is 0 Å². The number of hydrogen-bond acceptors (Lipinski definition) is 4. The Balaban J connectivity index is 1.97. The Labute approximate surface area is 127 Å². The zero-order valence-corrected chi connectivity index (χ0v) is 12.7. The summed E-state index contributed by atoms with van der Waals surface area (Å²) >= 11 is 1.57. The highest BCUT2D eigenvalue weighted by Gasteiger charge is 2.18. The Morgan fingerprint density at radius 1 is 1.24 bits per heavy atom. The Morgan fingerprint density at radius 2 is 1.95 bits per heavy atom. The van der Waals surface area contributed by atoms with Crippen molar-refractivity contribution in [3.05, 3.63) is 23.3 Å². The van der Waals surface area contributed by atoms with E-state index in [0.717, 1.165) is 29.6 Å². The van der Waals surface area contributed by atoms with Crippen LogP contribution in [0.15, 0.2) is 17.7 Å². The number of nitrogens with zero attached hydrogens (tertiary/aromatic N) is 3. The van der Waals surface area contributed by atoms with Crippen LogP contribution in [-0.2, 0) is 4.79 Å². The zero-order chi connectivity index (χ0) is 14.7. The van der Waals surface area contributed by atoms with Gasteiger partial charge in [0.15, 0.2) is 10.8 Å². The first-order valence-corrected chi connectivity index (χ1v) is 8.25. The van der Waals surface area contributed by atoms with Crippen molar-refractivity contribution in [3.8, 4) is 0 Å². The van der Waals surface area contributed by atoms with Gasteiger partial charge in [-0.15, -0.1) is 11.3 Å². The van der Waals surface area contributed by atoms with Gasteiger partial charge in [-0.2, -0.15) is 0 Å². The van der Waals surface area contributed by atoms with Crippen LogP contribution in [0, 0.1) is 0 Å². The molecule has 0 atom stereocenters. The molecule has 0 aromatic carbocycles. The number of aliphatic carboxylic acids is 1. The molecular formula is C15H19N3O2S. The van der Waals surface area contributed by atoms with Crippen LogP contribution in [0.25, 0.3) is 11.0 Å². The van der Waals surface area contributed by atoms with Crippen molar-refractivity contribution in [2.24, 2.45) is 0 Å². The van der Waals surface area contributed by atoms with Crippen LogP contribution in [0.1, 0.15) is 37.8 Å². The fourth-order valence-corrected chi connectivity index (χ4v) is 3.51. The fraction of sp³-hybridized carbons (Fsp3) is 0.467. The number of aromatic nitrogens is 2. The summed E-state index contributed by atoms with van der Waals surface area (Å²) in [5.74, 6) is -0.0138. The summed E-state index contributed by atoms with van der Waals surface area (Å²) in [5, 5.41) is 10.9. The van der Waals surface area contributed by atoms with E-state index in [-0.39, 0.29) is 0 Å². The van der Waals surface area contributed by atoms with Crippen LogP contribution in [0.2, 0.25) is 0 Å². The lowest BCUT2D eigenvalue weighted by Crippen LogP contribution is -2.28. The van der Waals surface area contributed by atoms with Gasteiger partial charge in [-0.1, -0.05) is 19.3 Å². The SMILES string of the molecule is O=C(O)/C=C/c1c(N2CCCCCCC2)nc2sccn12. The smallest absolute Gasteiger partial charge is 0.328 e. The van der Waals surface area contributed by atoms with E-state index in [1.807, 2.05) is 16.0 Å². The van der Waals surface area contributed by atoms with Crippen LogP contribution in [0.4, 0.5) is 5.82 Å². The van der Waals surface area contributed by atoms with E-state index in [2.05, 4.69) is 4.90 Å². The molecular weight excluding hydrogens is 286 g/mol. The third-order valence-electron chi connectivity index (χ3n) is 3.82. The van der Waals surface area contributed by atoms with Crippen molar-refractivity contribution >= 4 is 34.2 Å². The van der Waals surface area contributed by atoms with Gasteiger partial charge in [0.2, 0.25) is 0 Å². The van der Waals surface area contributed by atoms with Crippen molar-refractivity contribution in [2.45, 2.75) is 32.1 Å². The van der Waals surface area contributed by atoms with Crippen LogP contribution in [-0.4, -0.2) is 33.6 Å². The Hall–Kier alpha value is -1.82. The first kappa shape index (κ1) is 14.1. The topological polar surface area (TPSA) is 57.8 Å². The van der Waals surface area contributed by atoms with E-state index < -0.39 is 5.97 Å². The van der Waals surface area contributed by atoms with Crippen LogP contribution in [0.3, 0.4) is 0 Å². The molecule has 0 spiro atoms. The number of carboxylic acids is 1. The summed E-state index contributed by atoms with van der Waals surface area (Å²) in [4.78, 5) is 18.8. The molecule has 1 fully saturated rings. The van der Waals surface area contributed by atoms with Crippen molar-refractivity contribution in [1.29, 1.82) is 0 Å². The molecule has 1 saturated heterocycles. The lowest BCUT2D eigenvalue weighted by Gasteiger charge is -2.25. The largest absolute Gasteiger partial charge is 0.478 e. The third-order valence-corrected chi connectivity index (χ3v) is 4.58. The lowest BCUT2D eigenvalue weighted by atomic mass is 10.1. The molecule has 0 saturated carbocycles. The number of rotatable bonds is 3. The summed E-state index contributed by atoms with van der Waals surface area (Å²) < 4.78 is 1.97. The molecule has 6 heteroatoms. The second-order valence-electron chi connectivity index (χ2n) is 5.30. The van der Waals surface area contributed by atoms with Crippen molar-refractivity contribution in [1.82, 2.24) is 9.38 Å². The minimum atomic E-state index is -0.932. The molecule has 0 radical (unpaired) electrons. The molecule has 1 N–H and O–H groups in total. The molecule has 3 heterocycles. The van der Waals surface area contributed by atoms with Gasteiger partial charge in [0.25, 0.3) is 0 Å². The number of fused-ring (bicyclic) bond motifs is 1. The number of carboxylic acid groups (broad SMARTS) is 1. The summed E-state index contributed by atoms with van der Waals surface area (Å²) in [5.41, 5.74) is 0.870. The molecule has 2 aromatic rings. The average molecular weight is 305 g/mol. The van der Waals surface area contributed by atoms with E-state index in [9.17, 15) is 4.79 Å². The average Bonchev–Trinajstić information content (AvgIpc) is 2.96. The van der Waals surface area contributed by atoms with Gasteiger partial charge in [0.05, 0.1) is 5.69 Å². The summed E-state index contributed by atoms with van der Waals surface area (Å²) in [6, 6.07) is 0. The molecule has 0 unspecified atom stereocenters. The van der Waals surface area contributed by atoms with Crippen LogP contribution < -0.4 is 4.90 Å². The van der Waals surface area contributed by atoms with Crippen LogP contribution in [0.5, 0.6) is 0 Å². The van der Waals surface area contributed by atoms with Gasteiger partial charge >= 0.3 is 5.97 Å². The number of thiazole rings is 1. The van der Waals surface area contributed by atoms with Crippen molar-refractivity contribution in [3.63, 3.8) is 0 Å². The maximum atomic E-state index is 10.8. The Morgan fingerprint density at radius 3 is 2.67 bits per heavy atom. The Bertz CT molecular complexity index is 651. The maximum Gasteiger partial charge on any atom is 0.328 e. The summed E-state index contributed by atoms with van der Waals surface area (Å²) in [6.07, 6.45) is 11.0. The minimum Gasteiger partial charge on any atom is -0.478 e. The van der Waals surface area contributed by atoms with Crippen molar-refractivity contribution < 1.29 is 9.90 Å². The Kier molecular flexibility index (Phi) is 4.24. The first-order valence-electron chi connectivity index (χ1n) is 7.37. The van der Waals surface area contributed by atoms with E-state index in [1.165, 1.54) is 38.2 Å². The van der Waals surface area contributed by atoms with Gasteiger partial charge in [0.1, 0.15) is 0 Å². The maximum absolute atomic E-state index is 10.8. The molecule has 1 aliphatic heterocycles. The number of hydrogen-bond donors (Lipinski definition) is 1. The highest BCUT2D eigenvalue weighted by molar-refractivity contribution is 7.15. The molecule has 1 aliphatic rings. The second kappa shape index (κ2) is 6.30. The molecule has 112 valence electrons. The summed E-state index contributed by atoms with van der Waals surface area (Å²) in [7, 11) is 0. The van der Waals surface area contributed by atoms with Gasteiger partial charge < -0.3 is 10.0 Å². The summed E-state index contributed by atoms with van der Waals surface area (Å²) in [6.45, 7) is 2.00. The van der Waals surface area contributed by atoms with E-state index in [4.69, 9.17) is 10.1 Å². The molecule has 5 nitrogen and oxygen atoms in total.